The minimum Gasteiger partial charge on any atom is -0.463 e. The third-order valence-corrected chi connectivity index (χ3v) is 3.97. The van der Waals surface area contributed by atoms with Gasteiger partial charge in [0.25, 0.3) is 0 Å². The van der Waals surface area contributed by atoms with Gasteiger partial charge in [0, 0.05) is 5.69 Å². The summed E-state index contributed by atoms with van der Waals surface area (Å²) in [6.45, 7) is 1.99. The topological polar surface area (TPSA) is 112 Å². The quantitative estimate of drug-likeness (QED) is 0.586. The minimum atomic E-state index is -0.185. The Morgan fingerprint density at radius 1 is 1.23 bits per heavy atom. The van der Waals surface area contributed by atoms with Crippen molar-refractivity contribution in [3.63, 3.8) is 0 Å². The molecule has 0 fully saturated rings. The Morgan fingerprint density at radius 2 is 2.08 bits per heavy atom. The van der Waals surface area contributed by atoms with Gasteiger partial charge >= 0.3 is 0 Å². The first-order valence-electron chi connectivity index (χ1n) is 7.99. The van der Waals surface area contributed by atoms with Gasteiger partial charge in [0.1, 0.15) is 17.8 Å². The van der Waals surface area contributed by atoms with Crippen molar-refractivity contribution < 1.29 is 9.21 Å². The van der Waals surface area contributed by atoms with Crippen LogP contribution in [0, 0.1) is 6.92 Å². The van der Waals surface area contributed by atoms with Crippen LogP contribution in [0.5, 0.6) is 0 Å². The third-order valence-electron chi connectivity index (χ3n) is 3.97. The number of amides is 1. The molecule has 0 saturated carbocycles. The average molecular weight is 348 g/mol. The number of para-hydroxylation sites is 1. The lowest BCUT2D eigenvalue weighted by Crippen LogP contribution is -2.19. The predicted octanol–water partition coefficient (Wildman–Crippen LogP) is 2.62. The number of nitrogens with one attached hydrogen (secondary N) is 1. The summed E-state index contributed by atoms with van der Waals surface area (Å²) in [4.78, 5) is 25.2. The number of fused-ring (bicyclic) bond motifs is 1. The summed E-state index contributed by atoms with van der Waals surface area (Å²) >= 11 is 0. The molecule has 130 valence electrons. The van der Waals surface area contributed by atoms with Gasteiger partial charge < -0.3 is 20.0 Å². The van der Waals surface area contributed by atoms with Crippen LogP contribution in [-0.2, 0) is 11.3 Å². The first-order valence-corrected chi connectivity index (χ1v) is 7.99. The van der Waals surface area contributed by atoms with Crippen molar-refractivity contribution in [1.82, 2.24) is 19.5 Å². The largest absolute Gasteiger partial charge is 0.463 e. The number of nitrogens with zero attached hydrogens (tertiary/aromatic N) is 4. The number of aryl methyl sites for hydroxylation is 1. The molecule has 0 aliphatic rings. The van der Waals surface area contributed by atoms with Crippen LogP contribution in [0.25, 0.3) is 22.6 Å². The van der Waals surface area contributed by atoms with E-state index < -0.39 is 0 Å². The van der Waals surface area contributed by atoms with E-state index in [1.807, 2.05) is 31.2 Å². The Labute approximate surface area is 148 Å². The summed E-state index contributed by atoms with van der Waals surface area (Å²) in [5, 5.41) is 2.89. The van der Waals surface area contributed by atoms with Crippen molar-refractivity contribution in [3.8, 4) is 11.5 Å². The molecule has 26 heavy (non-hydrogen) atoms. The molecule has 0 radical (unpaired) electrons. The van der Waals surface area contributed by atoms with Crippen LogP contribution < -0.4 is 11.1 Å². The normalized spacial score (nSPS) is 11.0. The first-order chi connectivity index (χ1) is 12.6. The first kappa shape index (κ1) is 15.8. The fourth-order valence-electron chi connectivity index (χ4n) is 2.72. The third kappa shape index (κ3) is 2.88. The Bertz CT molecular complexity index is 1080. The molecule has 1 amide bonds. The van der Waals surface area contributed by atoms with Crippen LogP contribution in [0.15, 0.2) is 53.4 Å². The lowest BCUT2D eigenvalue weighted by atomic mass is 10.2. The summed E-state index contributed by atoms with van der Waals surface area (Å²) in [7, 11) is 0. The molecule has 0 saturated heterocycles. The predicted molar refractivity (Wildman–Crippen MR) is 97.2 cm³/mol. The number of nitrogen functional groups attached to an aromatic ring is 1. The van der Waals surface area contributed by atoms with Crippen molar-refractivity contribution in [2.24, 2.45) is 0 Å². The van der Waals surface area contributed by atoms with Gasteiger partial charge in [-0.25, -0.2) is 9.97 Å². The van der Waals surface area contributed by atoms with E-state index in [1.54, 1.807) is 29.3 Å². The number of benzene rings is 1. The number of hydrogen-bond acceptors (Lipinski definition) is 6. The van der Waals surface area contributed by atoms with Crippen LogP contribution >= 0.6 is 0 Å². The highest BCUT2D eigenvalue weighted by molar-refractivity contribution is 5.93. The molecule has 4 aromatic rings. The van der Waals surface area contributed by atoms with E-state index in [9.17, 15) is 4.79 Å². The van der Waals surface area contributed by atoms with Gasteiger partial charge in [-0.2, -0.15) is 4.98 Å². The molecule has 3 aromatic heterocycles. The minimum absolute atomic E-state index is 0.0544. The van der Waals surface area contributed by atoms with Crippen molar-refractivity contribution in [2.45, 2.75) is 13.5 Å². The van der Waals surface area contributed by atoms with Crippen molar-refractivity contribution in [3.05, 3.63) is 54.6 Å². The van der Waals surface area contributed by atoms with Gasteiger partial charge in [-0.3, -0.25) is 4.79 Å². The maximum atomic E-state index is 12.4. The number of rotatable bonds is 4. The van der Waals surface area contributed by atoms with Gasteiger partial charge in [0.05, 0.1) is 12.6 Å². The van der Waals surface area contributed by atoms with Crippen LogP contribution in [0.3, 0.4) is 0 Å². The van der Waals surface area contributed by atoms with E-state index in [-0.39, 0.29) is 18.4 Å². The van der Waals surface area contributed by atoms with Crippen LogP contribution in [0.1, 0.15) is 5.56 Å². The molecular formula is C18H16N6O2. The number of nitrogens with two attached hydrogens (primary N) is 1. The molecule has 0 aliphatic carbocycles. The van der Waals surface area contributed by atoms with Gasteiger partial charge in [-0.05, 0) is 30.7 Å². The summed E-state index contributed by atoms with van der Waals surface area (Å²) in [5.41, 5.74) is 9.08. The summed E-state index contributed by atoms with van der Waals surface area (Å²) in [6.07, 6.45) is 3.09. The standard InChI is InChI=1S/C18H16N6O2/c1-11-5-2-3-6-12(11)21-14(25)9-24-10-20-16-15(13-7-4-8-26-13)22-18(19)23-17(16)24/h2-8,10H,9H2,1H3,(H,21,25)(H2,19,22,23). The van der Waals surface area contributed by atoms with E-state index >= 15 is 0 Å². The number of imidazole rings is 1. The summed E-state index contributed by atoms with van der Waals surface area (Å²) in [6, 6.07) is 11.1. The molecule has 0 unspecified atom stereocenters. The summed E-state index contributed by atoms with van der Waals surface area (Å²) < 4.78 is 7.02. The Balaban J connectivity index is 1.65. The molecule has 1 aromatic carbocycles. The lowest BCUT2D eigenvalue weighted by molar-refractivity contribution is -0.116. The average Bonchev–Trinajstić information content (AvgIpc) is 3.27. The van der Waals surface area contributed by atoms with E-state index in [2.05, 4.69) is 20.3 Å². The molecule has 0 atom stereocenters. The maximum Gasteiger partial charge on any atom is 0.244 e. The molecule has 3 heterocycles. The van der Waals surface area contributed by atoms with Crippen molar-refractivity contribution >= 4 is 28.7 Å². The fraction of sp³-hybridized carbons (Fsp3) is 0.111. The lowest BCUT2D eigenvalue weighted by Gasteiger charge is -2.09. The fourth-order valence-corrected chi connectivity index (χ4v) is 2.72. The smallest absolute Gasteiger partial charge is 0.244 e. The molecule has 8 nitrogen and oxygen atoms in total. The van der Waals surface area contributed by atoms with Gasteiger partial charge in [0.15, 0.2) is 11.4 Å². The number of hydrogen-bond donors (Lipinski definition) is 2. The zero-order valence-corrected chi connectivity index (χ0v) is 14.0. The van der Waals surface area contributed by atoms with Gasteiger partial charge in [-0.1, -0.05) is 18.2 Å². The van der Waals surface area contributed by atoms with E-state index in [4.69, 9.17) is 10.2 Å². The molecule has 8 heteroatoms. The highest BCUT2D eigenvalue weighted by atomic mass is 16.3. The second-order valence-electron chi connectivity index (χ2n) is 5.82. The highest BCUT2D eigenvalue weighted by Crippen LogP contribution is 2.26. The van der Waals surface area contributed by atoms with Gasteiger partial charge in [-0.15, -0.1) is 0 Å². The monoisotopic (exact) mass is 348 g/mol. The van der Waals surface area contributed by atoms with Gasteiger partial charge in [0.2, 0.25) is 11.9 Å². The molecule has 0 bridgehead atoms. The number of carbonyl (C=O) groups excluding carboxylic acids is 1. The van der Waals surface area contributed by atoms with E-state index in [1.165, 1.54) is 0 Å². The number of carbonyl (C=O) groups is 1. The number of anilines is 2. The van der Waals surface area contributed by atoms with E-state index in [0.29, 0.717) is 22.6 Å². The molecule has 4 rings (SSSR count). The second-order valence-corrected chi connectivity index (χ2v) is 5.82. The van der Waals surface area contributed by atoms with Crippen LogP contribution in [0.4, 0.5) is 11.6 Å². The highest BCUT2D eigenvalue weighted by Gasteiger charge is 2.17. The zero-order chi connectivity index (χ0) is 18.1. The van der Waals surface area contributed by atoms with Crippen LogP contribution in [-0.4, -0.2) is 25.4 Å². The number of furan rings is 1. The second kappa shape index (κ2) is 6.32. The SMILES string of the molecule is Cc1ccccc1NC(=O)Cn1cnc2c(-c3ccco3)nc(N)nc21. The molecule has 0 spiro atoms. The summed E-state index contributed by atoms with van der Waals surface area (Å²) in [5.74, 6) is 0.444. The van der Waals surface area contributed by atoms with Crippen molar-refractivity contribution in [2.75, 3.05) is 11.1 Å². The molecular weight excluding hydrogens is 332 g/mol. The maximum absolute atomic E-state index is 12.4. The molecule has 0 aliphatic heterocycles. The van der Waals surface area contributed by atoms with E-state index in [0.717, 1.165) is 11.3 Å². The number of aromatic nitrogens is 4. The Kier molecular flexibility index (Phi) is 3.85. The Hall–Kier alpha value is -3.68. The Morgan fingerprint density at radius 3 is 2.85 bits per heavy atom. The zero-order valence-electron chi connectivity index (χ0n) is 14.0. The van der Waals surface area contributed by atoms with Crippen molar-refractivity contribution in [1.29, 1.82) is 0 Å². The molecule has 3 N–H and O–H groups in total. The van der Waals surface area contributed by atoms with Crippen LogP contribution in [0.2, 0.25) is 0 Å².